The van der Waals surface area contributed by atoms with Crippen LogP contribution in [-0.4, -0.2) is 44.8 Å². The average molecular weight is 494 g/mol. The minimum atomic E-state index is -3.97. The average Bonchev–Trinajstić information content (AvgIpc) is 3.19. The first-order chi connectivity index (χ1) is 15.3. The number of fused-ring (bicyclic) bond motifs is 2. The Hall–Kier alpha value is -2.34. The third-order valence-corrected chi connectivity index (χ3v) is 8.31. The molecule has 0 fully saturated rings. The Morgan fingerprint density at radius 3 is 2.59 bits per heavy atom. The normalized spacial score (nSPS) is 14.5. The number of amides is 1. The van der Waals surface area contributed by atoms with E-state index in [0.29, 0.717) is 30.4 Å². The van der Waals surface area contributed by atoms with Gasteiger partial charge in [0.25, 0.3) is 0 Å². The van der Waals surface area contributed by atoms with Gasteiger partial charge in [-0.3, -0.25) is 4.79 Å². The number of thiazole rings is 1. The van der Waals surface area contributed by atoms with Gasteiger partial charge >= 0.3 is 0 Å². The van der Waals surface area contributed by atoms with Crippen LogP contribution in [0.25, 0.3) is 10.2 Å². The topological polar surface area (TPSA) is 107 Å². The van der Waals surface area contributed by atoms with E-state index in [1.165, 1.54) is 23.5 Å². The molecular formula is C21H23N3O5S3. The van der Waals surface area contributed by atoms with E-state index in [1.54, 1.807) is 37.7 Å². The number of thioether (sulfide) groups is 1. The molecule has 3 aromatic rings. The predicted octanol–water partition coefficient (Wildman–Crippen LogP) is 3.73. The van der Waals surface area contributed by atoms with Gasteiger partial charge in [0.2, 0.25) is 15.9 Å². The highest BCUT2D eigenvalue weighted by atomic mass is 32.2. The molecule has 0 aliphatic carbocycles. The molecule has 170 valence electrons. The Labute approximate surface area is 194 Å². The third kappa shape index (κ3) is 4.85. The summed E-state index contributed by atoms with van der Waals surface area (Å²) in [5.74, 6) is 0.149. The SMILES string of the molecule is CSc1nc2ccc(NC(=O)C(NS(=O)(=O)c3ccc4c(c3)OCCO4)C(C)C)cc2s1. The first kappa shape index (κ1) is 22.8. The number of ether oxygens (including phenoxy) is 2. The van der Waals surface area contributed by atoms with Crippen LogP contribution in [0.2, 0.25) is 0 Å². The Kier molecular flexibility index (Phi) is 6.61. The highest BCUT2D eigenvalue weighted by Gasteiger charge is 2.29. The van der Waals surface area contributed by atoms with Crippen molar-refractivity contribution in [2.75, 3.05) is 24.8 Å². The Balaban J connectivity index is 1.53. The molecular weight excluding hydrogens is 470 g/mol. The molecule has 1 unspecified atom stereocenters. The number of hydrogen-bond acceptors (Lipinski definition) is 8. The molecule has 2 N–H and O–H groups in total. The van der Waals surface area contributed by atoms with Crippen LogP contribution in [0.1, 0.15) is 13.8 Å². The van der Waals surface area contributed by atoms with Crippen LogP contribution in [0, 0.1) is 5.92 Å². The van der Waals surface area contributed by atoms with Crippen LogP contribution < -0.4 is 19.5 Å². The number of rotatable bonds is 7. The molecule has 1 aliphatic rings. The minimum Gasteiger partial charge on any atom is -0.486 e. The lowest BCUT2D eigenvalue weighted by Gasteiger charge is -2.23. The van der Waals surface area contributed by atoms with Crippen molar-refractivity contribution in [1.82, 2.24) is 9.71 Å². The van der Waals surface area contributed by atoms with E-state index in [1.807, 2.05) is 18.4 Å². The van der Waals surface area contributed by atoms with E-state index in [0.717, 1.165) is 14.6 Å². The summed E-state index contributed by atoms with van der Waals surface area (Å²) in [5, 5.41) is 2.83. The zero-order valence-corrected chi connectivity index (χ0v) is 20.2. The van der Waals surface area contributed by atoms with Gasteiger partial charge in [-0.1, -0.05) is 25.6 Å². The van der Waals surface area contributed by atoms with E-state index < -0.39 is 22.0 Å². The summed E-state index contributed by atoms with van der Waals surface area (Å²) in [7, 11) is -3.97. The molecule has 0 saturated heterocycles. The van der Waals surface area contributed by atoms with Crippen LogP contribution in [-0.2, 0) is 14.8 Å². The fraction of sp³-hybridized carbons (Fsp3) is 0.333. The summed E-state index contributed by atoms with van der Waals surface area (Å²) in [6.45, 7) is 4.34. The van der Waals surface area contributed by atoms with Crippen LogP contribution in [0.5, 0.6) is 11.5 Å². The molecule has 0 saturated carbocycles. The zero-order valence-electron chi connectivity index (χ0n) is 17.7. The zero-order chi connectivity index (χ0) is 22.9. The van der Waals surface area contributed by atoms with Crippen molar-refractivity contribution >= 4 is 54.9 Å². The fourth-order valence-corrected chi connectivity index (χ4v) is 6.09. The number of aromatic nitrogens is 1. The summed E-state index contributed by atoms with van der Waals surface area (Å²) in [6, 6.07) is 8.88. The van der Waals surface area contributed by atoms with E-state index >= 15 is 0 Å². The van der Waals surface area contributed by atoms with Gasteiger partial charge in [0, 0.05) is 11.8 Å². The standard InChI is InChI=1S/C21H23N3O5S3/c1-12(2)19(20(25)22-13-4-6-15-18(10-13)31-21(23-15)30-3)24-32(26,27)14-5-7-16-17(11-14)29-9-8-28-16/h4-7,10-12,19,24H,8-9H2,1-3H3,(H,22,25). The lowest BCUT2D eigenvalue weighted by molar-refractivity contribution is -0.118. The number of sulfonamides is 1. The lowest BCUT2D eigenvalue weighted by atomic mass is 10.0. The maximum Gasteiger partial charge on any atom is 0.242 e. The van der Waals surface area contributed by atoms with Crippen molar-refractivity contribution < 1.29 is 22.7 Å². The van der Waals surface area contributed by atoms with Gasteiger partial charge in [-0.2, -0.15) is 4.72 Å². The van der Waals surface area contributed by atoms with Gasteiger partial charge in [-0.15, -0.1) is 11.3 Å². The molecule has 1 atom stereocenters. The number of carbonyl (C=O) groups is 1. The van der Waals surface area contributed by atoms with Gasteiger partial charge in [-0.25, -0.2) is 13.4 Å². The lowest BCUT2D eigenvalue weighted by Crippen LogP contribution is -2.47. The van der Waals surface area contributed by atoms with Crippen molar-refractivity contribution in [3.63, 3.8) is 0 Å². The summed E-state index contributed by atoms with van der Waals surface area (Å²) in [5.41, 5.74) is 1.44. The van der Waals surface area contributed by atoms with Crippen molar-refractivity contribution in [2.45, 2.75) is 29.1 Å². The number of nitrogens with one attached hydrogen (secondary N) is 2. The molecule has 8 nitrogen and oxygen atoms in total. The molecule has 2 aromatic carbocycles. The molecule has 2 heterocycles. The summed E-state index contributed by atoms with van der Waals surface area (Å²) >= 11 is 3.10. The van der Waals surface area contributed by atoms with E-state index in [-0.39, 0.29) is 10.8 Å². The first-order valence-corrected chi connectivity index (χ1v) is 13.5. The number of carbonyl (C=O) groups excluding carboxylic acids is 1. The molecule has 11 heteroatoms. The minimum absolute atomic E-state index is 0.0101. The molecule has 1 aliphatic heterocycles. The van der Waals surface area contributed by atoms with Gasteiger partial charge in [-0.05, 0) is 42.5 Å². The molecule has 4 rings (SSSR count). The molecule has 1 aromatic heterocycles. The Morgan fingerprint density at radius 1 is 1.12 bits per heavy atom. The smallest absolute Gasteiger partial charge is 0.242 e. The van der Waals surface area contributed by atoms with Gasteiger partial charge < -0.3 is 14.8 Å². The van der Waals surface area contributed by atoms with Crippen LogP contribution in [0.15, 0.2) is 45.6 Å². The number of hydrogen-bond donors (Lipinski definition) is 2. The quantitative estimate of drug-likeness (QED) is 0.483. The maximum atomic E-state index is 13.0. The maximum absolute atomic E-state index is 13.0. The fourth-order valence-electron chi connectivity index (χ4n) is 3.21. The number of benzene rings is 2. The number of anilines is 1. The Bertz CT molecular complexity index is 1260. The highest BCUT2D eigenvalue weighted by molar-refractivity contribution is 8.00. The molecule has 32 heavy (non-hydrogen) atoms. The van der Waals surface area contributed by atoms with Gasteiger partial charge in [0.15, 0.2) is 15.8 Å². The van der Waals surface area contributed by atoms with Crippen molar-refractivity contribution in [3.05, 3.63) is 36.4 Å². The molecule has 0 spiro atoms. The number of nitrogens with zero attached hydrogens (tertiary/aromatic N) is 1. The molecule has 1 amide bonds. The van der Waals surface area contributed by atoms with Gasteiger partial charge in [0.05, 0.1) is 15.1 Å². The van der Waals surface area contributed by atoms with Crippen molar-refractivity contribution in [2.24, 2.45) is 5.92 Å². The predicted molar refractivity (Wildman–Crippen MR) is 126 cm³/mol. The van der Waals surface area contributed by atoms with Gasteiger partial charge in [0.1, 0.15) is 19.3 Å². The summed E-state index contributed by atoms with van der Waals surface area (Å²) < 4.78 is 41.4. The summed E-state index contributed by atoms with van der Waals surface area (Å²) in [4.78, 5) is 17.5. The second kappa shape index (κ2) is 9.26. The van der Waals surface area contributed by atoms with Crippen molar-refractivity contribution in [3.8, 4) is 11.5 Å². The monoisotopic (exact) mass is 493 g/mol. The summed E-state index contributed by atoms with van der Waals surface area (Å²) in [6.07, 6.45) is 1.96. The molecule has 0 radical (unpaired) electrons. The van der Waals surface area contributed by atoms with Crippen LogP contribution in [0.3, 0.4) is 0 Å². The highest BCUT2D eigenvalue weighted by Crippen LogP contribution is 2.33. The van der Waals surface area contributed by atoms with E-state index in [9.17, 15) is 13.2 Å². The van der Waals surface area contributed by atoms with E-state index in [4.69, 9.17) is 9.47 Å². The van der Waals surface area contributed by atoms with E-state index in [2.05, 4.69) is 15.0 Å². The molecule has 0 bridgehead atoms. The van der Waals surface area contributed by atoms with Crippen LogP contribution >= 0.6 is 23.1 Å². The first-order valence-electron chi connectivity index (χ1n) is 9.94. The van der Waals surface area contributed by atoms with Crippen LogP contribution in [0.4, 0.5) is 5.69 Å². The largest absolute Gasteiger partial charge is 0.486 e. The second-order valence-electron chi connectivity index (χ2n) is 7.50. The van der Waals surface area contributed by atoms with Crippen molar-refractivity contribution in [1.29, 1.82) is 0 Å². The second-order valence-corrected chi connectivity index (χ2v) is 11.3. The third-order valence-electron chi connectivity index (χ3n) is 4.87. The Morgan fingerprint density at radius 2 is 1.88 bits per heavy atom.